The summed E-state index contributed by atoms with van der Waals surface area (Å²) in [5, 5.41) is 0. The van der Waals surface area contributed by atoms with Gasteiger partial charge in [-0.2, -0.15) is 0 Å². The van der Waals surface area contributed by atoms with Crippen LogP contribution in [0.2, 0.25) is 0 Å². The van der Waals surface area contributed by atoms with E-state index in [4.69, 9.17) is 0 Å². The van der Waals surface area contributed by atoms with Crippen molar-refractivity contribution in [2.45, 2.75) is 0 Å². The fraction of sp³-hybridized carbons (Fsp3) is 0. The molecule has 0 aliphatic heterocycles. The molecule has 12 valence electrons. The van der Waals surface area contributed by atoms with Gasteiger partial charge in [-0.25, -0.2) is 0 Å². The molecule has 0 aliphatic carbocycles. The van der Waals surface area contributed by atoms with Crippen LogP contribution < -0.4 is 0 Å². The molecule has 0 nitrogen and oxygen atoms in total. The maximum absolute atomic E-state index is 0. The topological polar surface area (TPSA) is 0 Å². The predicted molar refractivity (Wildman–Crippen MR) is 23.0 cm³/mol. The zero-order valence-electron chi connectivity index (χ0n) is 2.41. The Labute approximate surface area is 79.8 Å². The fourth-order valence-electron chi connectivity index (χ4n) is 0. The van der Waals surface area contributed by atoms with Crippen LogP contribution in [0.5, 0.6) is 0 Å². The van der Waals surface area contributed by atoms with Crippen molar-refractivity contribution < 1.29 is 0 Å². The molecule has 0 spiro atoms. The summed E-state index contributed by atoms with van der Waals surface area (Å²) >= 11 is 0. The first-order valence-electron chi connectivity index (χ1n) is 0. The van der Waals surface area contributed by atoms with Gasteiger partial charge in [-0.05, 0) is 0 Å². The van der Waals surface area contributed by atoms with E-state index in [2.05, 4.69) is 0 Å². The van der Waals surface area contributed by atoms with Crippen LogP contribution in [-0.2, 0) is 0 Å². The molecule has 4 heteroatoms. The number of rotatable bonds is 0. The molecule has 0 saturated carbocycles. The van der Waals surface area contributed by atoms with Crippen LogP contribution in [0.15, 0.2) is 0 Å². The molecule has 0 bridgehead atoms. The third-order valence-corrected chi connectivity index (χ3v) is 0. The molecule has 0 aliphatic rings. The van der Waals surface area contributed by atoms with Gasteiger partial charge in [-0.1, -0.05) is 0 Å². The average molecular weight is 195 g/mol. The van der Waals surface area contributed by atoms with Gasteiger partial charge < -0.3 is 0 Å². The van der Waals surface area contributed by atoms with Gasteiger partial charge in [0.25, 0.3) is 0 Å². The van der Waals surface area contributed by atoms with Crippen LogP contribution in [0.4, 0.5) is 0 Å². The van der Waals surface area contributed by atoms with Crippen molar-refractivity contribution in [3.05, 3.63) is 0 Å². The monoisotopic (exact) mass is 196 g/mol. The zero-order valence-corrected chi connectivity index (χ0v) is 9.10. The Morgan fingerprint density at radius 2 is 0.750 bits per heavy atom. The molecule has 0 aromatic rings. The quantitative estimate of drug-likeness (QED) is 0.412. The standard InChI is InChI=1S/2Mg.Si.Sn. The van der Waals surface area contributed by atoms with E-state index in [1.807, 2.05) is 0 Å². The van der Waals surface area contributed by atoms with E-state index in [0.717, 1.165) is 0 Å². The third-order valence-electron chi connectivity index (χ3n) is 0. The molecule has 12 radical (unpaired) electrons. The summed E-state index contributed by atoms with van der Waals surface area (Å²) in [6, 6.07) is 0. The summed E-state index contributed by atoms with van der Waals surface area (Å²) in [6.45, 7) is 0. The first-order chi connectivity index (χ1) is 0. The largest absolute Gasteiger partial charge is 0 e. The van der Waals surface area contributed by atoms with Crippen molar-refractivity contribution in [3.63, 3.8) is 0 Å². The van der Waals surface area contributed by atoms with E-state index < -0.39 is 0 Å². The second-order valence-corrected chi connectivity index (χ2v) is 0. The number of hydrogen-bond acceptors (Lipinski definition) is 0. The van der Waals surface area contributed by atoms with Crippen molar-refractivity contribution in [1.82, 2.24) is 0 Å². The van der Waals surface area contributed by atoms with Crippen molar-refractivity contribution in [1.29, 1.82) is 0 Å². The Bertz CT molecular complexity index is 6.00. The SMILES string of the molecule is [Mg].[Mg].[Si].[Sn]. The Kier molecular flexibility index (Phi) is 137. The predicted octanol–water partition coefficient (Wildman–Crippen LogP) is -1.52. The van der Waals surface area contributed by atoms with E-state index in [0.29, 0.717) is 0 Å². The summed E-state index contributed by atoms with van der Waals surface area (Å²) in [6.07, 6.45) is 0. The number of hydrogen-bond donors (Lipinski definition) is 0. The minimum Gasteiger partial charge on any atom is 0 e. The third kappa shape index (κ3) is 8.82. The van der Waals surface area contributed by atoms with E-state index in [1.54, 1.807) is 0 Å². The van der Waals surface area contributed by atoms with Gasteiger partial charge in [0.2, 0.25) is 0 Å². The molecule has 0 saturated heterocycles. The van der Waals surface area contributed by atoms with Crippen LogP contribution in [0.1, 0.15) is 0 Å². The molecule has 0 amide bonds. The summed E-state index contributed by atoms with van der Waals surface area (Å²) in [7, 11) is 0. The van der Waals surface area contributed by atoms with Gasteiger partial charge in [-0.3, -0.25) is 0 Å². The van der Waals surface area contributed by atoms with Gasteiger partial charge in [0.15, 0.2) is 0 Å². The van der Waals surface area contributed by atoms with Crippen molar-refractivity contribution in [3.8, 4) is 0 Å². The van der Waals surface area contributed by atoms with Crippen molar-refractivity contribution >= 4 is 81.0 Å². The van der Waals surface area contributed by atoms with Crippen LogP contribution in [0.25, 0.3) is 0 Å². The van der Waals surface area contributed by atoms with Gasteiger partial charge in [0.1, 0.15) is 0 Å². The van der Waals surface area contributed by atoms with Gasteiger partial charge in [0.05, 0.1) is 0 Å². The molecule has 0 N–H and O–H groups in total. The molecular formula is Mg2SiSn. The van der Waals surface area contributed by atoms with E-state index >= 15 is 0 Å². The Morgan fingerprint density at radius 1 is 0.750 bits per heavy atom. The Hall–Kier alpha value is 2.55. The molecule has 0 unspecified atom stereocenters. The average Bonchev–Trinajstić information content (AvgIpc) is 0. The first kappa shape index (κ1) is 31.0. The second kappa shape index (κ2) is 17.7. The van der Waals surface area contributed by atoms with Crippen LogP contribution in [-0.4, -0.2) is 81.0 Å². The molecule has 4 heavy (non-hydrogen) atoms. The van der Waals surface area contributed by atoms with Gasteiger partial charge in [0, 0.05) is 81.0 Å². The summed E-state index contributed by atoms with van der Waals surface area (Å²) in [4.78, 5) is 0. The Morgan fingerprint density at radius 3 is 0.750 bits per heavy atom. The van der Waals surface area contributed by atoms with Crippen LogP contribution in [0.3, 0.4) is 0 Å². The summed E-state index contributed by atoms with van der Waals surface area (Å²) in [5.41, 5.74) is 0. The van der Waals surface area contributed by atoms with Crippen molar-refractivity contribution in [2.24, 2.45) is 0 Å². The smallest absolute Gasteiger partial charge is 0 e. The first-order valence-corrected chi connectivity index (χ1v) is 0. The second-order valence-electron chi connectivity index (χ2n) is 0. The van der Waals surface area contributed by atoms with E-state index in [-0.39, 0.29) is 81.0 Å². The molecule has 0 aromatic heterocycles. The summed E-state index contributed by atoms with van der Waals surface area (Å²) in [5.74, 6) is 0. The van der Waals surface area contributed by atoms with Gasteiger partial charge in [-0.15, -0.1) is 0 Å². The molecular weight excluding hydrogens is 195 g/mol. The molecule has 0 rings (SSSR count). The zero-order chi connectivity index (χ0) is 0. The normalized spacial score (nSPS) is 0. The summed E-state index contributed by atoms with van der Waals surface area (Å²) < 4.78 is 0. The van der Waals surface area contributed by atoms with E-state index in [9.17, 15) is 0 Å². The van der Waals surface area contributed by atoms with Crippen LogP contribution >= 0.6 is 0 Å². The van der Waals surface area contributed by atoms with Crippen molar-refractivity contribution in [2.75, 3.05) is 0 Å². The van der Waals surface area contributed by atoms with E-state index in [1.165, 1.54) is 0 Å². The van der Waals surface area contributed by atoms with Crippen LogP contribution in [0, 0.1) is 0 Å². The van der Waals surface area contributed by atoms with Gasteiger partial charge >= 0.3 is 0 Å². The maximum atomic E-state index is 0. The minimum absolute atomic E-state index is 0. The molecule has 0 atom stereocenters. The molecule has 0 fully saturated rings. The molecule has 0 heterocycles. The maximum Gasteiger partial charge on any atom is 0 e. The molecule has 0 aromatic carbocycles. The minimum atomic E-state index is 0. The Balaban J connectivity index is 0. The fourth-order valence-corrected chi connectivity index (χ4v) is 0.